The van der Waals surface area contributed by atoms with Crippen LogP contribution in [0.15, 0.2) is 42.5 Å². The van der Waals surface area contributed by atoms with Crippen LogP contribution < -0.4 is 10.1 Å². The second-order valence-electron chi connectivity index (χ2n) is 6.42. The van der Waals surface area contributed by atoms with Crippen LogP contribution in [0.5, 0.6) is 5.75 Å². The maximum absolute atomic E-state index is 6.15. The highest BCUT2D eigenvalue weighted by molar-refractivity contribution is 6.30. The van der Waals surface area contributed by atoms with E-state index >= 15 is 0 Å². The third-order valence-electron chi connectivity index (χ3n) is 3.93. The first kappa shape index (κ1) is 19.8. The Morgan fingerprint density at radius 3 is 2.64 bits per heavy atom. The van der Waals surface area contributed by atoms with Gasteiger partial charge in [0.1, 0.15) is 12.4 Å². The SMILES string of the molecule is Cc1ccccc1COc1ccc(Cl)cc1CNCCCOC(C)C. The number of hydrogen-bond donors (Lipinski definition) is 1. The largest absolute Gasteiger partial charge is 0.489 e. The number of hydrogen-bond acceptors (Lipinski definition) is 3. The van der Waals surface area contributed by atoms with E-state index in [-0.39, 0.29) is 6.10 Å². The molecule has 0 aliphatic heterocycles. The fourth-order valence-electron chi connectivity index (χ4n) is 2.49. The van der Waals surface area contributed by atoms with Crippen LogP contribution in [0.2, 0.25) is 5.02 Å². The van der Waals surface area contributed by atoms with Crippen LogP contribution in [0.1, 0.15) is 37.0 Å². The third-order valence-corrected chi connectivity index (χ3v) is 4.17. The van der Waals surface area contributed by atoms with Gasteiger partial charge in [-0.3, -0.25) is 0 Å². The van der Waals surface area contributed by atoms with E-state index < -0.39 is 0 Å². The molecule has 0 heterocycles. The van der Waals surface area contributed by atoms with E-state index in [0.717, 1.165) is 42.5 Å². The summed E-state index contributed by atoms with van der Waals surface area (Å²) >= 11 is 6.15. The first-order chi connectivity index (χ1) is 12.1. The highest BCUT2D eigenvalue weighted by Crippen LogP contribution is 2.24. The maximum atomic E-state index is 6.15. The molecule has 1 N–H and O–H groups in total. The lowest BCUT2D eigenvalue weighted by Crippen LogP contribution is -2.18. The van der Waals surface area contributed by atoms with E-state index in [1.807, 2.05) is 30.3 Å². The second-order valence-corrected chi connectivity index (χ2v) is 6.85. The maximum Gasteiger partial charge on any atom is 0.124 e. The second kappa shape index (κ2) is 10.4. The Kier molecular flexibility index (Phi) is 8.26. The molecule has 2 aromatic carbocycles. The highest BCUT2D eigenvalue weighted by atomic mass is 35.5. The van der Waals surface area contributed by atoms with Crippen LogP contribution in [-0.2, 0) is 17.9 Å². The van der Waals surface area contributed by atoms with Gasteiger partial charge in [-0.2, -0.15) is 0 Å². The number of ether oxygens (including phenoxy) is 2. The van der Waals surface area contributed by atoms with E-state index in [1.54, 1.807) is 0 Å². The van der Waals surface area contributed by atoms with Crippen LogP contribution in [0.25, 0.3) is 0 Å². The van der Waals surface area contributed by atoms with Crippen molar-refractivity contribution in [2.45, 2.75) is 46.4 Å². The van der Waals surface area contributed by atoms with Crippen molar-refractivity contribution in [3.8, 4) is 5.75 Å². The highest BCUT2D eigenvalue weighted by Gasteiger charge is 2.06. The van der Waals surface area contributed by atoms with E-state index in [9.17, 15) is 0 Å². The zero-order valence-corrected chi connectivity index (χ0v) is 16.1. The number of rotatable bonds is 10. The molecule has 25 heavy (non-hydrogen) atoms. The van der Waals surface area contributed by atoms with Crippen LogP contribution in [0.3, 0.4) is 0 Å². The van der Waals surface area contributed by atoms with Gasteiger partial charge in [-0.25, -0.2) is 0 Å². The number of halogens is 1. The van der Waals surface area contributed by atoms with E-state index in [2.05, 4.69) is 38.2 Å². The van der Waals surface area contributed by atoms with Gasteiger partial charge in [0.2, 0.25) is 0 Å². The van der Waals surface area contributed by atoms with E-state index in [1.165, 1.54) is 11.1 Å². The van der Waals surface area contributed by atoms with Gasteiger partial charge in [-0.05, 0) is 63.1 Å². The van der Waals surface area contributed by atoms with Crippen molar-refractivity contribution in [3.63, 3.8) is 0 Å². The fourth-order valence-corrected chi connectivity index (χ4v) is 2.69. The Labute approximate surface area is 156 Å². The summed E-state index contributed by atoms with van der Waals surface area (Å²) in [7, 11) is 0. The molecule has 3 nitrogen and oxygen atoms in total. The molecular weight excluding hydrogens is 334 g/mol. The average Bonchev–Trinajstić information content (AvgIpc) is 2.58. The summed E-state index contributed by atoms with van der Waals surface area (Å²) in [6.07, 6.45) is 1.27. The summed E-state index contributed by atoms with van der Waals surface area (Å²) in [6, 6.07) is 14.1. The van der Waals surface area contributed by atoms with Crippen LogP contribution in [0.4, 0.5) is 0 Å². The van der Waals surface area contributed by atoms with Crippen molar-refractivity contribution in [2.24, 2.45) is 0 Å². The summed E-state index contributed by atoms with van der Waals surface area (Å²) in [6.45, 7) is 9.17. The predicted molar refractivity (Wildman–Crippen MR) is 104 cm³/mol. The van der Waals surface area contributed by atoms with Gasteiger partial charge in [0.15, 0.2) is 0 Å². The van der Waals surface area contributed by atoms with Gasteiger partial charge in [-0.15, -0.1) is 0 Å². The standard InChI is InChI=1S/C21H28ClNO2/c1-16(2)24-12-6-11-23-14-19-13-20(22)9-10-21(19)25-15-18-8-5-4-7-17(18)3/h4-5,7-10,13,16,23H,6,11-12,14-15H2,1-3H3. The smallest absolute Gasteiger partial charge is 0.124 e. The summed E-state index contributed by atoms with van der Waals surface area (Å²) in [4.78, 5) is 0. The van der Waals surface area contributed by atoms with Crippen molar-refractivity contribution >= 4 is 11.6 Å². The summed E-state index contributed by atoms with van der Waals surface area (Å²) < 4.78 is 11.6. The Morgan fingerprint density at radius 1 is 1.08 bits per heavy atom. The molecule has 0 fully saturated rings. The molecule has 0 aliphatic carbocycles. The molecule has 2 aromatic rings. The van der Waals surface area contributed by atoms with Gasteiger partial charge < -0.3 is 14.8 Å². The van der Waals surface area contributed by atoms with E-state index in [0.29, 0.717) is 6.61 Å². The Hall–Kier alpha value is -1.55. The van der Waals surface area contributed by atoms with Crippen molar-refractivity contribution in [2.75, 3.05) is 13.2 Å². The van der Waals surface area contributed by atoms with Gasteiger partial charge >= 0.3 is 0 Å². The first-order valence-electron chi connectivity index (χ1n) is 8.84. The van der Waals surface area contributed by atoms with Crippen molar-refractivity contribution in [1.29, 1.82) is 0 Å². The van der Waals surface area contributed by atoms with Gasteiger partial charge in [0.25, 0.3) is 0 Å². The van der Waals surface area contributed by atoms with Gasteiger partial charge in [-0.1, -0.05) is 35.9 Å². The molecule has 0 aliphatic rings. The van der Waals surface area contributed by atoms with E-state index in [4.69, 9.17) is 21.1 Å². The minimum Gasteiger partial charge on any atom is -0.489 e. The average molecular weight is 362 g/mol. The number of nitrogens with one attached hydrogen (secondary N) is 1. The Bertz CT molecular complexity index is 658. The van der Waals surface area contributed by atoms with Crippen molar-refractivity contribution in [3.05, 3.63) is 64.2 Å². The quantitative estimate of drug-likeness (QED) is 0.595. The lowest BCUT2D eigenvalue weighted by atomic mass is 10.1. The molecular formula is C21H28ClNO2. The third kappa shape index (κ3) is 7.07. The first-order valence-corrected chi connectivity index (χ1v) is 9.22. The zero-order chi connectivity index (χ0) is 18.1. The fraction of sp³-hybridized carbons (Fsp3) is 0.429. The van der Waals surface area contributed by atoms with Crippen LogP contribution in [-0.4, -0.2) is 19.3 Å². The molecule has 2 rings (SSSR count). The minimum atomic E-state index is 0.286. The van der Waals surface area contributed by atoms with Crippen LogP contribution in [0, 0.1) is 6.92 Å². The number of benzene rings is 2. The Balaban J connectivity index is 1.87. The normalized spacial score (nSPS) is 11.1. The lowest BCUT2D eigenvalue weighted by Gasteiger charge is -2.14. The molecule has 0 atom stereocenters. The van der Waals surface area contributed by atoms with Crippen LogP contribution >= 0.6 is 11.6 Å². The molecule has 0 amide bonds. The minimum absolute atomic E-state index is 0.286. The molecule has 4 heteroatoms. The zero-order valence-electron chi connectivity index (χ0n) is 15.3. The Morgan fingerprint density at radius 2 is 1.88 bits per heavy atom. The summed E-state index contributed by atoms with van der Waals surface area (Å²) in [5.41, 5.74) is 3.51. The van der Waals surface area contributed by atoms with Crippen molar-refractivity contribution < 1.29 is 9.47 Å². The summed E-state index contributed by atoms with van der Waals surface area (Å²) in [5.74, 6) is 0.874. The molecule has 0 radical (unpaired) electrons. The molecule has 0 saturated heterocycles. The number of aryl methyl sites for hydroxylation is 1. The monoisotopic (exact) mass is 361 g/mol. The van der Waals surface area contributed by atoms with Crippen molar-refractivity contribution in [1.82, 2.24) is 5.32 Å². The summed E-state index contributed by atoms with van der Waals surface area (Å²) in [5, 5.41) is 4.16. The molecule has 0 saturated carbocycles. The lowest BCUT2D eigenvalue weighted by molar-refractivity contribution is 0.0770. The molecule has 0 aromatic heterocycles. The topological polar surface area (TPSA) is 30.5 Å². The molecule has 136 valence electrons. The molecule has 0 bridgehead atoms. The predicted octanol–water partition coefficient (Wildman–Crippen LogP) is 5.13. The van der Waals surface area contributed by atoms with Gasteiger partial charge in [0, 0.05) is 23.7 Å². The molecule has 0 unspecified atom stereocenters. The molecule has 0 spiro atoms. The van der Waals surface area contributed by atoms with Gasteiger partial charge in [0.05, 0.1) is 6.10 Å².